The summed E-state index contributed by atoms with van der Waals surface area (Å²) >= 11 is 0. The van der Waals surface area contributed by atoms with E-state index in [0.717, 1.165) is 37.0 Å². The first kappa shape index (κ1) is 25.1. The standard InChI is InChI=1S/C26H44O4/c1-4-8-20-10-12-21(13-11-20)24-15-14-22(16-18-30-26(28)6-3)23(19-24)9-7-17-29-25(27)5-2/h5-6,20-25,27H,2-4,7-19H2,1H3. The van der Waals surface area contributed by atoms with Crippen LogP contribution in [0.25, 0.3) is 0 Å². The molecule has 2 fully saturated rings. The lowest BCUT2D eigenvalue weighted by molar-refractivity contribution is -0.138. The highest BCUT2D eigenvalue weighted by Gasteiger charge is 2.35. The highest BCUT2D eigenvalue weighted by atomic mass is 16.6. The normalized spacial score (nSPS) is 30.4. The number of hydrogen-bond acceptors (Lipinski definition) is 4. The van der Waals surface area contributed by atoms with E-state index in [0.29, 0.717) is 25.0 Å². The third-order valence-corrected chi connectivity index (χ3v) is 7.54. The Morgan fingerprint density at radius 3 is 2.40 bits per heavy atom. The highest BCUT2D eigenvalue weighted by molar-refractivity contribution is 5.81. The van der Waals surface area contributed by atoms with E-state index in [-0.39, 0.29) is 5.97 Å². The van der Waals surface area contributed by atoms with Gasteiger partial charge in [-0.05, 0) is 87.0 Å². The predicted molar refractivity (Wildman–Crippen MR) is 122 cm³/mol. The fourth-order valence-corrected chi connectivity index (χ4v) is 5.87. The average molecular weight is 421 g/mol. The summed E-state index contributed by atoms with van der Waals surface area (Å²) in [6.45, 7) is 10.4. The van der Waals surface area contributed by atoms with Crippen LogP contribution in [0, 0.1) is 29.6 Å². The van der Waals surface area contributed by atoms with E-state index < -0.39 is 6.29 Å². The minimum atomic E-state index is -0.864. The van der Waals surface area contributed by atoms with Gasteiger partial charge >= 0.3 is 5.97 Å². The van der Waals surface area contributed by atoms with E-state index in [2.05, 4.69) is 20.1 Å². The smallest absolute Gasteiger partial charge is 0.330 e. The molecular formula is C26H44O4. The van der Waals surface area contributed by atoms with Crippen molar-refractivity contribution < 1.29 is 19.4 Å². The third kappa shape index (κ3) is 8.55. The van der Waals surface area contributed by atoms with E-state index in [9.17, 15) is 9.90 Å². The lowest BCUT2D eigenvalue weighted by Gasteiger charge is -2.42. The maximum atomic E-state index is 11.4. The van der Waals surface area contributed by atoms with Crippen molar-refractivity contribution >= 4 is 5.97 Å². The second kappa shape index (κ2) is 14.0. The molecule has 0 saturated heterocycles. The van der Waals surface area contributed by atoms with Gasteiger partial charge in [-0.25, -0.2) is 4.79 Å². The van der Waals surface area contributed by atoms with Crippen molar-refractivity contribution in [1.82, 2.24) is 0 Å². The fourth-order valence-electron chi connectivity index (χ4n) is 5.87. The molecule has 1 N–H and O–H groups in total. The van der Waals surface area contributed by atoms with Crippen LogP contribution in [0.2, 0.25) is 0 Å². The van der Waals surface area contributed by atoms with Crippen LogP contribution in [-0.2, 0) is 14.3 Å². The van der Waals surface area contributed by atoms with Crippen molar-refractivity contribution in [3.8, 4) is 0 Å². The van der Waals surface area contributed by atoms with Crippen LogP contribution in [0.3, 0.4) is 0 Å². The zero-order valence-electron chi connectivity index (χ0n) is 19.1. The van der Waals surface area contributed by atoms with Crippen LogP contribution < -0.4 is 0 Å². The quantitative estimate of drug-likeness (QED) is 0.130. The van der Waals surface area contributed by atoms with Crippen LogP contribution in [0.5, 0.6) is 0 Å². The first-order valence-corrected chi connectivity index (χ1v) is 12.3. The molecule has 0 bridgehead atoms. The van der Waals surface area contributed by atoms with E-state index in [1.54, 1.807) is 0 Å². The second-order valence-corrected chi connectivity index (χ2v) is 9.46. The molecule has 0 aromatic heterocycles. The van der Waals surface area contributed by atoms with E-state index in [4.69, 9.17) is 9.47 Å². The van der Waals surface area contributed by atoms with Crippen LogP contribution in [0.15, 0.2) is 25.3 Å². The zero-order chi connectivity index (χ0) is 21.8. The number of rotatable bonds is 13. The van der Waals surface area contributed by atoms with E-state index in [1.807, 2.05) is 0 Å². The molecule has 2 aliphatic rings. The van der Waals surface area contributed by atoms with Crippen molar-refractivity contribution in [2.24, 2.45) is 29.6 Å². The molecule has 172 valence electrons. The molecule has 0 radical (unpaired) electrons. The average Bonchev–Trinajstić information content (AvgIpc) is 2.77. The summed E-state index contributed by atoms with van der Waals surface area (Å²) in [6, 6.07) is 0. The fraction of sp³-hybridized carbons (Fsp3) is 0.808. The van der Waals surface area contributed by atoms with Gasteiger partial charge in [0.2, 0.25) is 0 Å². The molecule has 4 nitrogen and oxygen atoms in total. The molecule has 0 aromatic carbocycles. The Morgan fingerprint density at radius 2 is 1.73 bits per heavy atom. The molecule has 4 heteroatoms. The number of aliphatic hydroxyl groups is 1. The summed E-state index contributed by atoms with van der Waals surface area (Å²) in [5.74, 6) is 3.66. The summed E-state index contributed by atoms with van der Waals surface area (Å²) in [7, 11) is 0. The predicted octanol–water partition coefficient (Wildman–Crippen LogP) is 6.05. The molecule has 30 heavy (non-hydrogen) atoms. The minimum Gasteiger partial charge on any atom is -0.463 e. The van der Waals surface area contributed by atoms with Gasteiger partial charge in [-0.1, -0.05) is 45.8 Å². The second-order valence-electron chi connectivity index (χ2n) is 9.46. The summed E-state index contributed by atoms with van der Waals surface area (Å²) in [6.07, 6.45) is 17.1. The molecule has 0 heterocycles. The number of hydrogen-bond donors (Lipinski definition) is 1. The van der Waals surface area contributed by atoms with Gasteiger partial charge in [0.15, 0.2) is 6.29 Å². The molecular weight excluding hydrogens is 376 g/mol. The molecule has 0 aromatic rings. The zero-order valence-corrected chi connectivity index (χ0v) is 19.1. The van der Waals surface area contributed by atoms with E-state index >= 15 is 0 Å². The van der Waals surface area contributed by atoms with Gasteiger partial charge in [0.25, 0.3) is 0 Å². The van der Waals surface area contributed by atoms with Gasteiger partial charge in [-0.15, -0.1) is 0 Å². The first-order valence-electron chi connectivity index (χ1n) is 12.3. The summed E-state index contributed by atoms with van der Waals surface area (Å²) < 4.78 is 10.6. The molecule has 2 rings (SSSR count). The third-order valence-electron chi connectivity index (χ3n) is 7.54. The van der Waals surface area contributed by atoms with Gasteiger partial charge in [0, 0.05) is 6.08 Å². The van der Waals surface area contributed by atoms with Crippen molar-refractivity contribution in [1.29, 1.82) is 0 Å². The Bertz CT molecular complexity index is 509. The van der Waals surface area contributed by atoms with Gasteiger partial charge in [-0.3, -0.25) is 0 Å². The summed E-state index contributed by atoms with van der Waals surface area (Å²) in [5.41, 5.74) is 0. The molecule has 4 unspecified atom stereocenters. The molecule has 0 aliphatic heterocycles. The first-order chi connectivity index (χ1) is 14.6. The van der Waals surface area contributed by atoms with Gasteiger partial charge < -0.3 is 14.6 Å². The number of carbonyl (C=O) groups is 1. The van der Waals surface area contributed by atoms with Gasteiger partial charge in [0.1, 0.15) is 0 Å². The largest absolute Gasteiger partial charge is 0.463 e. The minimum absolute atomic E-state index is 0.323. The van der Waals surface area contributed by atoms with Crippen LogP contribution >= 0.6 is 0 Å². The SMILES string of the molecule is C=CC(=O)OCCC1CCC(C2CCC(CCC)CC2)CC1CCCOC(O)C=C. The molecule has 0 spiro atoms. The summed E-state index contributed by atoms with van der Waals surface area (Å²) in [5, 5.41) is 9.51. The van der Waals surface area contributed by atoms with Crippen LogP contribution in [0.4, 0.5) is 0 Å². The van der Waals surface area contributed by atoms with Crippen molar-refractivity contribution in [2.75, 3.05) is 13.2 Å². The van der Waals surface area contributed by atoms with Crippen LogP contribution in [0.1, 0.15) is 84.0 Å². The maximum absolute atomic E-state index is 11.4. The van der Waals surface area contributed by atoms with Crippen LogP contribution in [-0.4, -0.2) is 30.6 Å². The summed E-state index contributed by atoms with van der Waals surface area (Å²) in [4.78, 5) is 11.4. The lowest BCUT2D eigenvalue weighted by atomic mass is 9.64. The van der Waals surface area contributed by atoms with Crippen molar-refractivity contribution in [3.63, 3.8) is 0 Å². The van der Waals surface area contributed by atoms with E-state index in [1.165, 1.54) is 69.9 Å². The Hall–Kier alpha value is -1.13. The maximum Gasteiger partial charge on any atom is 0.330 e. The Balaban J connectivity index is 1.84. The van der Waals surface area contributed by atoms with Crippen molar-refractivity contribution in [3.05, 3.63) is 25.3 Å². The molecule has 4 atom stereocenters. The number of esters is 1. The number of ether oxygens (including phenoxy) is 2. The lowest BCUT2D eigenvalue weighted by Crippen LogP contribution is -2.32. The Kier molecular flexibility index (Phi) is 11.8. The van der Waals surface area contributed by atoms with Gasteiger partial charge in [-0.2, -0.15) is 0 Å². The highest BCUT2D eigenvalue weighted by Crippen LogP contribution is 2.46. The Morgan fingerprint density at radius 1 is 1.00 bits per heavy atom. The molecule has 0 amide bonds. The van der Waals surface area contributed by atoms with Gasteiger partial charge in [0.05, 0.1) is 13.2 Å². The molecule has 2 aliphatic carbocycles. The monoisotopic (exact) mass is 420 g/mol. The van der Waals surface area contributed by atoms with Crippen molar-refractivity contribution in [2.45, 2.75) is 90.3 Å². The topological polar surface area (TPSA) is 55.8 Å². The molecule has 2 saturated carbocycles. The Labute approximate surface area is 184 Å². The number of aliphatic hydroxyl groups excluding tert-OH is 1. The number of carbonyl (C=O) groups excluding carboxylic acids is 1.